The van der Waals surface area contributed by atoms with Crippen molar-refractivity contribution < 1.29 is 0 Å². The van der Waals surface area contributed by atoms with Gasteiger partial charge in [0.25, 0.3) is 0 Å². The number of para-hydroxylation sites is 1. The molecule has 21 heavy (non-hydrogen) atoms. The molecule has 1 aliphatic rings. The molecule has 104 valence electrons. The minimum Gasteiger partial charge on any atom is -0.369 e. The van der Waals surface area contributed by atoms with E-state index in [0.29, 0.717) is 0 Å². The number of hydrogen-bond acceptors (Lipinski definition) is 2. The molecule has 4 rings (SSSR count). The normalized spacial score (nSPS) is 13.0. The topological polar surface area (TPSA) is 29.9 Å². The van der Waals surface area contributed by atoms with E-state index in [4.69, 9.17) is 5.10 Å². The number of rotatable bonds is 2. The van der Waals surface area contributed by atoms with Gasteiger partial charge in [-0.05, 0) is 25.0 Å². The molecule has 3 heteroatoms. The van der Waals surface area contributed by atoms with E-state index in [9.17, 15) is 0 Å². The Morgan fingerprint density at radius 1 is 1.00 bits per heavy atom. The van der Waals surface area contributed by atoms with E-state index in [1.165, 1.54) is 16.7 Å². The van der Waals surface area contributed by atoms with Crippen molar-refractivity contribution in [2.45, 2.75) is 13.3 Å². The Bertz CT molecular complexity index is 787. The Hall–Kier alpha value is -2.55. The quantitative estimate of drug-likeness (QED) is 0.770. The van der Waals surface area contributed by atoms with E-state index >= 15 is 0 Å². The summed E-state index contributed by atoms with van der Waals surface area (Å²) in [6, 6.07) is 18.8. The van der Waals surface area contributed by atoms with Gasteiger partial charge in [0, 0.05) is 17.7 Å². The van der Waals surface area contributed by atoms with Gasteiger partial charge in [-0.25, -0.2) is 4.68 Å². The third-order valence-electron chi connectivity index (χ3n) is 4.04. The highest BCUT2D eigenvalue weighted by molar-refractivity contribution is 5.73. The molecule has 0 saturated heterocycles. The summed E-state index contributed by atoms with van der Waals surface area (Å²) in [4.78, 5) is 0. The highest BCUT2D eigenvalue weighted by Gasteiger charge is 2.24. The molecule has 3 aromatic rings. The van der Waals surface area contributed by atoms with Crippen LogP contribution in [0.3, 0.4) is 0 Å². The molecule has 0 saturated carbocycles. The van der Waals surface area contributed by atoms with Crippen LogP contribution in [0.25, 0.3) is 16.9 Å². The summed E-state index contributed by atoms with van der Waals surface area (Å²) >= 11 is 0. The van der Waals surface area contributed by atoms with E-state index in [0.717, 1.165) is 30.2 Å². The fourth-order valence-electron chi connectivity index (χ4n) is 2.98. The Morgan fingerprint density at radius 3 is 2.57 bits per heavy atom. The molecular weight excluding hydrogens is 258 g/mol. The minimum atomic E-state index is 0.985. The lowest BCUT2D eigenvalue weighted by Crippen LogP contribution is -2.05. The van der Waals surface area contributed by atoms with Crippen molar-refractivity contribution in [1.29, 1.82) is 0 Å². The molecule has 1 N–H and O–H groups in total. The van der Waals surface area contributed by atoms with Gasteiger partial charge in [-0.2, -0.15) is 5.10 Å². The van der Waals surface area contributed by atoms with Gasteiger partial charge in [-0.3, -0.25) is 0 Å². The van der Waals surface area contributed by atoms with Crippen LogP contribution in [0.1, 0.15) is 11.1 Å². The van der Waals surface area contributed by atoms with Crippen molar-refractivity contribution in [2.75, 3.05) is 11.9 Å². The maximum atomic E-state index is 4.89. The zero-order valence-corrected chi connectivity index (χ0v) is 12.0. The average molecular weight is 275 g/mol. The van der Waals surface area contributed by atoms with Crippen LogP contribution in [0, 0.1) is 6.92 Å². The van der Waals surface area contributed by atoms with Gasteiger partial charge in [-0.15, -0.1) is 0 Å². The maximum Gasteiger partial charge on any atom is 0.133 e. The van der Waals surface area contributed by atoms with E-state index in [1.807, 2.05) is 6.07 Å². The molecule has 0 radical (unpaired) electrons. The van der Waals surface area contributed by atoms with Crippen LogP contribution in [-0.4, -0.2) is 16.3 Å². The lowest BCUT2D eigenvalue weighted by molar-refractivity contribution is 0.875. The summed E-state index contributed by atoms with van der Waals surface area (Å²) in [6.07, 6.45) is 1.03. The van der Waals surface area contributed by atoms with Crippen molar-refractivity contribution in [2.24, 2.45) is 0 Å². The number of hydrogen-bond donors (Lipinski definition) is 1. The highest BCUT2D eigenvalue weighted by Crippen LogP contribution is 2.34. The molecule has 0 amide bonds. The van der Waals surface area contributed by atoms with Gasteiger partial charge in [0.2, 0.25) is 0 Å². The number of nitrogens with one attached hydrogen (secondary N) is 1. The van der Waals surface area contributed by atoms with Crippen LogP contribution in [0.5, 0.6) is 0 Å². The predicted octanol–water partition coefficient (Wildman–Crippen LogP) is 3.82. The fourth-order valence-corrected chi connectivity index (χ4v) is 2.98. The number of fused-ring (bicyclic) bond motifs is 1. The van der Waals surface area contributed by atoms with Crippen LogP contribution in [0.15, 0.2) is 54.6 Å². The first-order valence-electron chi connectivity index (χ1n) is 7.32. The highest BCUT2D eigenvalue weighted by atomic mass is 15.3. The van der Waals surface area contributed by atoms with Crippen molar-refractivity contribution >= 4 is 5.82 Å². The number of anilines is 1. The zero-order valence-electron chi connectivity index (χ0n) is 12.0. The summed E-state index contributed by atoms with van der Waals surface area (Å²) in [7, 11) is 0. The van der Waals surface area contributed by atoms with Crippen LogP contribution < -0.4 is 5.32 Å². The fraction of sp³-hybridized carbons (Fsp3) is 0.167. The standard InChI is InChI=1S/C18H17N3/c1-13-7-5-6-10-16(13)21-18-15(11-12-19-18)17(20-21)14-8-3-2-4-9-14/h2-10,19H,11-12H2,1H3. The Morgan fingerprint density at radius 2 is 1.76 bits per heavy atom. The molecule has 2 aromatic carbocycles. The maximum absolute atomic E-state index is 4.89. The molecule has 2 heterocycles. The molecule has 1 aromatic heterocycles. The van der Waals surface area contributed by atoms with Crippen LogP contribution in [0.2, 0.25) is 0 Å². The van der Waals surface area contributed by atoms with Gasteiger partial charge in [0.15, 0.2) is 0 Å². The molecule has 1 aliphatic heterocycles. The molecule has 0 fully saturated rings. The third-order valence-corrected chi connectivity index (χ3v) is 4.04. The SMILES string of the molecule is Cc1ccccc1-n1nc(-c2ccccc2)c2c1NCC2. The third kappa shape index (κ3) is 1.93. The van der Waals surface area contributed by atoms with Gasteiger partial charge in [0.1, 0.15) is 5.82 Å². The predicted molar refractivity (Wildman–Crippen MR) is 85.9 cm³/mol. The van der Waals surface area contributed by atoms with Gasteiger partial charge < -0.3 is 5.32 Å². The first-order valence-corrected chi connectivity index (χ1v) is 7.32. The molecule has 0 bridgehead atoms. The average Bonchev–Trinajstić information content (AvgIpc) is 3.11. The van der Waals surface area contributed by atoms with Crippen molar-refractivity contribution in [3.63, 3.8) is 0 Å². The summed E-state index contributed by atoms with van der Waals surface area (Å²) in [5, 5.41) is 8.37. The molecule has 3 nitrogen and oxygen atoms in total. The van der Waals surface area contributed by atoms with E-state index in [-0.39, 0.29) is 0 Å². The summed E-state index contributed by atoms with van der Waals surface area (Å²) in [5.74, 6) is 1.14. The number of aryl methyl sites for hydroxylation is 1. The number of nitrogens with zero attached hydrogens (tertiary/aromatic N) is 2. The molecular formula is C18H17N3. The molecule has 0 atom stereocenters. The van der Waals surface area contributed by atoms with E-state index in [1.54, 1.807) is 0 Å². The Balaban J connectivity index is 1.93. The van der Waals surface area contributed by atoms with Crippen LogP contribution in [-0.2, 0) is 6.42 Å². The second kappa shape index (κ2) is 4.77. The lowest BCUT2D eigenvalue weighted by Gasteiger charge is -2.09. The first-order chi connectivity index (χ1) is 10.3. The number of aromatic nitrogens is 2. The second-order valence-corrected chi connectivity index (χ2v) is 5.42. The molecule has 0 aliphatic carbocycles. The summed E-state index contributed by atoms with van der Waals surface area (Å²) in [5.41, 5.74) is 5.98. The molecule has 0 spiro atoms. The van der Waals surface area contributed by atoms with E-state index in [2.05, 4.69) is 65.5 Å². The van der Waals surface area contributed by atoms with Gasteiger partial charge in [0.05, 0.1) is 11.4 Å². The van der Waals surface area contributed by atoms with Crippen LogP contribution in [0.4, 0.5) is 5.82 Å². The van der Waals surface area contributed by atoms with Gasteiger partial charge >= 0.3 is 0 Å². The van der Waals surface area contributed by atoms with Crippen molar-refractivity contribution in [1.82, 2.24) is 9.78 Å². The largest absolute Gasteiger partial charge is 0.369 e. The molecule has 0 unspecified atom stereocenters. The zero-order chi connectivity index (χ0) is 14.2. The summed E-state index contributed by atoms with van der Waals surface area (Å²) in [6.45, 7) is 3.11. The second-order valence-electron chi connectivity index (χ2n) is 5.42. The monoisotopic (exact) mass is 275 g/mol. The lowest BCUT2D eigenvalue weighted by atomic mass is 10.1. The van der Waals surface area contributed by atoms with E-state index < -0.39 is 0 Å². The first kappa shape index (κ1) is 12.2. The Kier molecular flexibility index (Phi) is 2.78. The Labute approximate surface area is 124 Å². The van der Waals surface area contributed by atoms with Crippen molar-refractivity contribution in [3.05, 3.63) is 65.7 Å². The van der Waals surface area contributed by atoms with Gasteiger partial charge in [-0.1, -0.05) is 48.5 Å². The summed E-state index contributed by atoms with van der Waals surface area (Å²) < 4.78 is 2.06. The smallest absolute Gasteiger partial charge is 0.133 e. The number of benzene rings is 2. The van der Waals surface area contributed by atoms with Crippen LogP contribution >= 0.6 is 0 Å². The minimum absolute atomic E-state index is 0.985. The van der Waals surface area contributed by atoms with Crippen molar-refractivity contribution in [3.8, 4) is 16.9 Å².